The van der Waals surface area contributed by atoms with Crippen LogP contribution in [0.25, 0.3) is 11.0 Å². The molecule has 3 rings (SSSR count). The summed E-state index contributed by atoms with van der Waals surface area (Å²) >= 11 is 0. The fourth-order valence-electron chi connectivity index (χ4n) is 3.30. The summed E-state index contributed by atoms with van der Waals surface area (Å²) in [4.78, 5) is 18.9. The van der Waals surface area contributed by atoms with Crippen LogP contribution in [-0.2, 0) is 17.9 Å². The largest absolute Gasteiger partial charge is 0.493 e. The Morgan fingerprint density at radius 2 is 1.96 bits per heavy atom. The molecule has 27 heavy (non-hydrogen) atoms. The minimum Gasteiger partial charge on any atom is -0.493 e. The molecule has 3 aromatic rings. The van der Waals surface area contributed by atoms with Crippen molar-refractivity contribution in [3.63, 3.8) is 0 Å². The molecule has 0 atom stereocenters. The van der Waals surface area contributed by atoms with Crippen molar-refractivity contribution < 1.29 is 9.53 Å². The molecule has 0 bridgehead atoms. The second-order valence-corrected chi connectivity index (χ2v) is 6.88. The molecule has 142 valence electrons. The summed E-state index contributed by atoms with van der Waals surface area (Å²) in [5, 5.41) is 0. The van der Waals surface area contributed by atoms with Crippen LogP contribution in [0.2, 0.25) is 0 Å². The first-order valence-corrected chi connectivity index (χ1v) is 9.37. The molecular weight excluding hydrogens is 338 g/mol. The summed E-state index contributed by atoms with van der Waals surface area (Å²) in [6.45, 7) is 7.86. The number of nitrogens with zero attached hydrogens (tertiary/aromatic N) is 3. The van der Waals surface area contributed by atoms with E-state index in [1.165, 1.54) is 5.56 Å². The van der Waals surface area contributed by atoms with Crippen LogP contribution in [-0.4, -0.2) is 34.0 Å². The first kappa shape index (κ1) is 19.0. The Labute approximate surface area is 160 Å². The second-order valence-electron chi connectivity index (χ2n) is 6.88. The molecule has 0 unspecified atom stereocenters. The maximum absolute atomic E-state index is 12.5. The Bertz CT molecular complexity index is 946. The van der Waals surface area contributed by atoms with Gasteiger partial charge in [-0.1, -0.05) is 29.8 Å². The molecule has 5 nitrogen and oxygen atoms in total. The van der Waals surface area contributed by atoms with Gasteiger partial charge in [0.2, 0.25) is 5.91 Å². The highest BCUT2D eigenvalue weighted by molar-refractivity contribution is 5.77. The molecule has 0 N–H and O–H groups in total. The number of para-hydroxylation sites is 2. The van der Waals surface area contributed by atoms with Crippen molar-refractivity contribution in [3.8, 4) is 5.75 Å². The monoisotopic (exact) mass is 365 g/mol. The van der Waals surface area contributed by atoms with Gasteiger partial charge in [0.1, 0.15) is 11.6 Å². The van der Waals surface area contributed by atoms with Gasteiger partial charge in [-0.3, -0.25) is 4.79 Å². The average molecular weight is 365 g/mol. The van der Waals surface area contributed by atoms with Gasteiger partial charge in [0.25, 0.3) is 0 Å². The van der Waals surface area contributed by atoms with Crippen LogP contribution in [0.15, 0.2) is 42.5 Å². The number of aryl methyl sites for hydroxylation is 3. The quantitative estimate of drug-likeness (QED) is 0.633. The first-order valence-electron chi connectivity index (χ1n) is 9.37. The molecule has 0 aliphatic rings. The molecule has 5 heteroatoms. The normalized spacial score (nSPS) is 11.0. The summed E-state index contributed by atoms with van der Waals surface area (Å²) in [5.74, 6) is 1.79. The summed E-state index contributed by atoms with van der Waals surface area (Å²) in [6, 6.07) is 14.1. The van der Waals surface area contributed by atoms with Crippen LogP contribution in [0.5, 0.6) is 5.75 Å². The lowest BCUT2D eigenvalue weighted by molar-refractivity contribution is -0.131. The molecule has 0 saturated carbocycles. The molecule has 1 aromatic heterocycles. The van der Waals surface area contributed by atoms with Crippen molar-refractivity contribution in [2.75, 3.05) is 13.7 Å². The number of fused-ring (bicyclic) bond motifs is 1. The molecule has 0 fully saturated rings. The van der Waals surface area contributed by atoms with E-state index in [0.717, 1.165) is 34.7 Å². The molecule has 2 aromatic carbocycles. The standard InChI is InChI=1S/C22H27N3O2/c1-5-25-19-9-7-6-8-18(19)23-21(25)15-24(4)22(26)12-13-27-20-11-10-16(2)14-17(20)3/h6-11,14H,5,12-13,15H2,1-4H3. The van der Waals surface area contributed by atoms with Crippen molar-refractivity contribution in [2.24, 2.45) is 0 Å². The van der Waals surface area contributed by atoms with E-state index in [4.69, 9.17) is 9.72 Å². The van der Waals surface area contributed by atoms with Crippen LogP contribution in [0, 0.1) is 13.8 Å². The topological polar surface area (TPSA) is 47.4 Å². The molecule has 0 radical (unpaired) electrons. The van der Waals surface area contributed by atoms with E-state index in [0.29, 0.717) is 19.6 Å². The third-order valence-corrected chi connectivity index (χ3v) is 4.76. The number of carbonyl (C=O) groups is 1. The predicted molar refractivity (Wildman–Crippen MR) is 108 cm³/mol. The van der Waals surface area contributed by atoms with Crippen LogP contribution >= 0.6 is 0 Å². The molecule has 0 saturated heterocycles. The van der Waals surface area contributed by atoms with E-state index in [9.17, 15) is 4.79 Å². The first-order chi connectivity index (χ1) is 13.0. The second kappa shape index (κ2) is 8.25. The Morgan fingerprint density at radius 1 is 1.19 bits per heavy atom. The van der Waals surface area contributed by atoms with Crippen molar-refractivity contribution >= 4 is 16.9 Å². The van der Waals surface area contributed by atoms with Crippen LogP contribution < -0.4 is 4.74 Å². The number of carbonyl (C=O) groups excluding carboxylic acids is 1. The van der Waals surface area contributed by atoms with E-state index >= 15 is 0 Å². The zero-order valence-electron chi connectivity index (χ0n) is 16.5. The van der Waals surface area contributed by atoms with E-state index < -0.39 is 0 Å². The van der Waals surface area contributed by atoms with Crippen LogP contribution in [0.4, 0.5) is 0 Å². The number of imidazole rings is 1. The van der Waals surface area contributed by atoms with Gasteiger partial charge in [-0.2, -0.15) is 0 Å². The van der Waals surface area contributed by atoms with Crippen molar-refractivity contribution in [3.05, 3.63) is 59.4 Å². The molecule has 1 amide bonds. The van der Waals surface area contributed by atoms with Crippen molar-refractivity contribution in [1.29, 1.82) is 0 Å². The fourth-order valence-corrected chi connectivity index (χ4v) is 3.30. The molecular formula is C22H27N3O2. The molecule has 0 aliphatic carbocycles. The Morgan fingerprint density at radius 3 is 2.70 bits per heavy atom. The minimum atomic E-state index is 0.0504. The Balaban J connectivity index is 1.59. The van der Waals surface area contributed by atoms with Gasteiger partial charge in [-0.05, 0) is 44.5 Å². The van der Waals surface area contributed by atoms with Gasteiger partial charge >= 0.3 is 0 Å². The van der Waals surface area contributed by atoms with Gasteiger partial charge in [-0.25, -0.2) is 4.98 Å². The number of aromatic nitrogens is 2. The smallest absolute Gasteiger partial charge is 0.226 e. The minimum absolute atomic E-state index is 0.0504. The highest BCUT2D eigenvalue weighted by Gasteiger charge is 2.15. The third kappa shape index (κ3) is 4.30. The van der Waals surface area contributed by atoms with Crippen molar-refractivity contribution in [2.45, 2.75) is 40.3 Å². The molecule has 0 aliphatic heterocycles. The van der Waals surface area contributed by atoms with Crippen LogP contribution in [0.1, 0.15) is 30.3 Å². The van der Waals surface area contributed by atoms with Gasteiger partial charge in [0, 0.05) is 13.6 Å². The molecule has 1 heterocycles. The Hall–Kier alpha value is -2.82. The van der Waals surface area contributed by atoms with E-state index in [1.807, 2.05) is 44.3 Å². The number of amides is 1. The number of hydrogen-bond acceptors (Lipinski definition) is 3. The van der Waals surface area contributed by atoms with Gasteiger partial charge in [0.05, 0.1) is 30.6 Å². The number of rotatable bonds is 7. The summed E-state index contributed by atoms with van der Waals surface area (Å²) < 4.78 is 7.95. The lowest BCUT2D eigenvalue weighted by atomic mass is 10.1. The Kier molecular flexibility index (Phi) is 5.79. The fraction of sp³-hybridized carbons (Fsp3) is 0.364. The van der Waals surface area contributed by atoms with Gasteiger partial charge in [0.15, 0.2) is 0 Å². The van der Waals surface area contributed by atoms with Gasteiger partial charge < -0.3 is 14.2 Å². The SMILES string of the molecule is CCn1c(CN(C)C(=O)CCOc2ccc(C)cc2C)nc2ccccc21. The lowest BCUT2D eigenvalue weighted by Crippen LogP contribution is -2.28. The number of hydrogen-bond donors (Lipinski definition) is 0. The summed E-state index contributed by atoms with van der Waals surface area (Å²) in [6.07, 6.45) is 0.343. The average Bonchev–Trinajstić information content (AvgIpc) is 3.00. The molecule has 0 spiro atoms. The number of ether oxygens (including phenoxy) is 1. The zero-order valence-corrected chi connectivity index (χ0v) is 16.5. The maximum Gasteiger partial charge on any atom is 0.226 e. The van der Waals surface area contributed by atoms with E-state index in [-0.39, 0.29) is 5.91 Å². The third-order valence-electron chi connectivity index (χ3n) is 4.76. The van der Waals surface area contributed by atoms with Crippen LogP contribution in [0.3, 0.4) is 0 Å². The van der Waals surface area contributed by atoms with E-state index in [2.05, 4.69) is 30.5 Å². The summed E-state index contributed by atoms with van der Waals surface area (Å²) in [5.41, 5.74) is 4.37. The lowest BCUT2D eigenvalue weighted by Gasteiger charge is -2.18. The number of benzene rings is 2. The zero-order chi connectivity index (χ0) is 19.4. The van der Waals surface area contributed by atoms with E-state index in [1.54, 1.807) is 4.90 Å². The predicted octanol–water partition coefficient (Wildman–Crippen LogP) is 4.10. The highest BCUT2D eigenvalue weighted by atomic mass is 16.5. The maximum atomic E-state index is 12.5. The van der Waals surface area contributed by atoms with Crippen molar-refractivity contribution in [1.82, 2.24) is 14.5 Å². The highest BCUT2D eigenvalue weighted by Crippen LogP contribution is 2.19. The van der Waals surface area contributed by atoms with Gasteiger partial charge in [-0.15, -0.1) is 0 Å². The summed E-state index contributed by atoms with van der Waals surface area (Å²) in [7, 11) is 1.82.